The maximum atomic E-state index is 11.8. The van der Waals surface area contributed by atoms with Crippen molar-refractivity contribution in [2.75, 3.05) is 54.1 Å². The molecule has 0 spiro atoms. The first kappa shape index (κ1) is 32.9. The van der Waals surface area contributed by atoms with Gasteiger partial charge in [0.15, 0.2) is 0 Å². The van der Waals surface area contributed by atoms with Crippen molar-refractivity contribution < 1.29 is 37.6 Å². The van der Waals surface area contributed by atoms with E-state index in [2.05, 4.69) is 6.92 Å². The molecule has 0 aliphatic heterocycles. The van der Waals surface area contributed by atoms with Crippen molar-refractivity contribution >= 4 is 7.82 Å². The van der Waals surface area contributed by atoms with Crippen molar-refractivity contribution in [3.8, 4) is 11.5 Å². The quantitative estimate of drug-likeness (QED) is 0.124. The third-order valence-electron chi connectivity index (χ3n) is 5.86. The van der Waals surface area contributed by atoms with Crippen LogP contribution in [-0.4, -0.2) is 69.8 Å². The minimum absolute atomic E-state index is 0.0159. The predicted octanol–water partition coefficient (Wildman–Crippen LogP) is 5.24. The summed E-state index contributed by atoms with van der Waals surface area (Å²) < 4.78 is 33.7. The van der Waals surface area contributed by atoms with Crippen LogP contribution in [0.1, 0.15) is 76.7 Å². The Hall–Kier alpha value is -1.15. The van der Waals surface area contributed by atoms with Gasteiger partial charge in [0.25, 0.3) is 7.82 Å². The number of hydrogen-bond acceptors (Lipinski definition) is 7. The van der Waals surface area contributed by atoms with Gasteiger partial charge in [0.05, 0.1) is 34.4 Å². The molecule has 1 N–H and O–H groups in total. The highest BCUT2D eigenvalue weighted by atomic mass is 31.2. The SMILES string of the molecule is CCCCCCCCCCCCOc1cccc(OCC(O)COP(=O)([O-])OCC[N+](C)(C)C)c1C. The van der Waals surface area contributed by atoms with Crippen LogP contribution in [0.2, 0.25) is 0 Å². The lowest BCUT2D eigenvalue weighted by atomic mass is 10.1. The van der Waals surface area contributed by atoms with Gasteiger partial charge in [0.1, 0.15) is 37.4 Å². The van der Waals surface area contributed by atoms with Crippen LogP contribution in [0, 0.1) is 6.92 Å². The highest BCUT2D eigenvalue weighted by molar-refractivity contribution is 7.45. The molecule has 0 heterocycles. The summed E-state index contributed by atoms with van der Waals surface area (Å²) in [6, 6.07) is 5.54. The summed E-state index contributed by atoms with van der Waals surface area (Å²) in [6.45, 7) is 4.79. The molecule has 0 saturated carbocycles. The number of hydrogen-bond donors (Lipinski definition) is 1. The van der Waals surface area contributed by atoms with Gasteiger partial charge in [-0.05, 0) is 25.5 Å². The van der Waals surface area contributed by atoms with Crippen molar-refractivity contribution in [2.45, 2.75) is 84.2 Å². The molecule has 0 amide bonds. The van der Waals surface area contributed by atoms with Gasteiger partial charge in [-0.25, -0.2) is 0 Å². The summed E-state index contributed by atoms with van der Waals surface area (Å²) >= 11 is 0. The summed E-state index contributed by atoms with van der Waals surface area (Å²) in [5, 5.41) is 10.1. The monoisotopic (exact) mass is 531 g/mol. The van der Waals surface area contributed by atoms with Crippen molar-refractivity contribution in [1.82, 2.24) is 0 Å². The van der Waals surface area contributed by atoms with E-state index in [-0.39, 0.29) is 13.2 Å². The first-order valence-corrected chi connectivity index (χ1v) is 14.9. The number of ether oxygens (including phenoxy) is 2. The average molecular weight is 532 g/mol. The summed E-state index contributed by atoms with van der Waals surface area (Å²) in [7, 11) is 1.32. The minimum Gasteiger partial charge on any atom is -0.756 e. The predicted molar refractivity (Wildman–Crippen MR) is 142 cm³/mol. The molecule has 2 unspecified atom stereocenters. The van der Waals surface area contributed by atoms with E-state index in [1.54, 1.807) is 6.07 Å². The van der Waals surface area contributed by atoms with Crippen molar-refractivity contribution in [3.63, 3.8) is 0 Å². The molecule has 0 bridgehead atoms. The maximum absolute atomic E-state index is 11.8. The van der Waals surface area contributed by atoms with Crippen LogP contribution in [0.25, 0.3) is 0 Å². The lowest BCUT2D eigenvalue weighted by molar-refractivity contribution is -0.870. The molecule has 1 aromatic carbocycles. The molecular formula is C27H50NO7P. The smallest absolute Gasteiger partial charge is 0.268 e. The Morgan fingerprint density at radius 3 is 2.00 bits per heavy atom. The van der Waals surface area contributed by atoms with E-state index in [9.17, 15) is 14.6 Å². The van der Waals surface area contributed by atoms with Gasteiger partial charge in [-0.1, -0.05) is 70.8 Å². The van der Waals surface area contributed by atoms with E-state index in [0.717, 1.165) is 17.7 Å². The van der Waals surface area contributed by atoms with Crippen LogP contribution in [0.3, 0.4) is 0 Å². The lowest BCUT2D eigenvalue weighted by Gasteiger charge is -2.27. The zero-order valence-corrected chi connectivity index (χ0v) is 24.1. The summed E-state index contributed by atoms with van der Waals surface area (Å²) in [5.74, 6) is 1.34. The number of rotatable bonds is 22. The number of aliphatic hydroxyl groups excluding tert-OH is 1. The van der Waals surface area contributed by atoms with Gasteiger partial charge in [0.2, 0.25) is 0 Å². The minimum atomic E-state index is -4.47. The fraction of sp³-hybridized carbons (Fsp3) is 0.778. The van der Waals surface area contributed by atoms with Crippen molar-refractivity contribution in [2.24, 2.45) is 0 Å². The van der Waals surface area contributed by atoms with Crippen LogP contribution >= 0.6 is 7.82 Å². The van der Waals surface area contributed by atoms with Gasteiger partial charge in [-0.15, -0.1) is 0 Å². The van der Waals surface area contributed by atoms with Crippen LogP contribution in [0.4, 0.5) is 0 Å². The molecule has 0 saturated heterocycles. The molecule has 210 valence electrons. The molecule has 1 rings (SSSR count). The van der Waals surface area contributed by atoms with E-state index in [0.29, 0.717) is 23.4 Å². The number of nitrogens with zero attached hydrogens (tertiary/aromatic N) is 1. The lowest BCUT2D eigenvalue weighted by Crippen LogP contribution is -2.37. The van der Waals surface area contributed by atoms with Crippen LogP contribution < -0.4 is 14.4 Å². The first-order chi connectivity index (χ1) is 17.0. The number of quaternary nitrogens is 1. The molecule has 0 aliphatic rings. The zero-order valence-electron chi connectivity index (χ0n) is 23.2. The topological polar surface area (TPSA) is 97.3 Å². The molecule has 36 heavy (non-hydrogen) atoms. The first-order valence-electron chi connectivity index (χ1n) is 13.5. The number of benzene rings is 1. The molecule has 2 atom stereocenters. The Morgan fingerprint density at radius 2 is 1.42 bits per heavy atom. The highest BCUT2D eigenvalue weighted by Gasteiger charge is 2.16. The second kappa shape index (κ2) is 18.2. The van der Waals surface area contributed by atoms with Gasteiger partial charge in [0, 0.05) is 5.56 Å². The largest absolute Gasteiger partial charge is 0.756 e. The fourth-order valence-electron chi connectivity index (χ4n) is 3.55. The van der Waals surface area contributed by atoms with Crippen LogP contribution in [0.5, 0.6) is 11.5 Å². The Kier molecular flexibility index (Phi) is 16.6. The summed E-state index contributed by atoms with van der Waals surface area (Å²) in [6.07, 6.45) is 11.7. The fourth-order valence-corrected chi connectivity index (χ4v) is 4.29. The normalized spacial score (nSPS) is 14.4. The van der Waals surface area contributed by atoms with Crippen molar-refractivity contribution in [1.29, 1.82) is 0 Å². The Labute approximate surface area is 219 Å². The Balaban J connectivity index is 2.26. The maximum Gasteiger partial charge on any atom is 0.268 e. The second-order valence-corrected chi connectivity index (χ2v) is 11.9. The third kappa shape index (κ3) is 16.6. The number of unbranched alkanes of at least 4 members (excludes halogenated alkanes) is 9. The molecule has 0 aliphatic carbocycles. The second-order valence-electron chi connectivity index (χ2n) is 10.5. The van der Waals surface area contributed by atoms with Crippen LogP contribution in [-0.2, 0) is 13.6 Å². The molecule has 9 heteroatoms. The number of aliphatic hydroxyl groups is 1. The van der Waals surface area contributed by atoms with E-state index >= 15 is 0 Å². The molecule has 8 nitrogen and oxygen atoms in total. The Bertz CT molecular complexity index is 754. The molecule has 0 fully saturated rings. The summed E-state index contributed by atoms with van der Waals surface area (Å²) in [4.78, 5) is 11.8. The van der Waals surface area contributed by atoms with Gasteiger partial charge >= 0.3 is 0 Å². The van der Waals surface area contributed by atoms with E-state index in [1.165, 1.54) is 57.8 Å². The number of phosphoric acid groups is 1. The van der Waals surface area contributed by atoms with Gasteiger partial charge < -0.3 is 33.0 Å². The highest BCUT2D eigenvalue weighted by Crippen LogP contribution is 2.38. The summed E-state index contributed by atoms with van der Waals surface area (Å²) in [5.41, 5.74) is 0.843. The van der Waals surface area contributed by atoms with E-state index < -0.39 is 20.5 Å². The number of likely N-dealkylation sites (N-methyl/N-ethyl adjacent to an activating group) is 1. The molecular weight excluding hydrogens is 481 g/mol. The molecule has 1 aromatic rings. The standard InChI is InChI=1S/C27H50NO7P/c1-6-7-8-9-10-11-12-13-14-15-20-32-26-17-16-18-27(24(26)2)33-22-25(29)23-35-36(30,31)34-21-19-28(3,4)5/h16-18,25,29H,6-15,19-23H2,1-5H3. The molecule has 0 radical (unpaired) electrons. The Morgan fingerprint density at radius 1 is 0.861 bits per heavy atom. The number of phosphoric ester groups is 1. The zero-order chi connectivity index (χ0) is 26.9. The third-order valence-corrected chi connectivity index (χ3v) is 6.82. The van der Waals surface area contributed by atoms with E-state index in [4.69, 9.17) is 18.5 Å². The molecule has 0 aromatic heterocycles. The average Bonchev–Trinajstić information content (AvgIpc) is 2.80. The van der Waals surface area contributed by atoms with Crippen LogP contribution in [0.15, 0.2) is 18.2 Å². The van der Waals surface area contributed by atoms with Gasteiger partial charge in [-0.3, -0.25) is 4.57 Å². The van der Waals surface area contributed by atoms with E-state index in [1.807, 2.05) is 40.2 Å². The van der Waals surface area contributed by atoms with Crippen molar-refractivity contribution in [3.05, 3.63) is 23.8 Å². The van der Waals surface area contributed by atoms with Gasteiger partial charge in [-0.2, -0.15) is 0 Å².